The summed E-state index contributed by atoms with van der Waals surface area (Å²) in [7, 11) is 3.15. The van der Waals surface area contributed by atoms with E-state index in [9.17, 15) is 4.79 Å². The molecule has 6 heteroatoms. The van der Waals surface area contributed by atoms with E-state index in [1.165, 1.54) is 0 Å². The Morgan fingerprint density at radius 2 is 1.74 bits per heavy atom. The fourth-order valence-corrected chi connectivity index (χ4v) is 4.01. The van der Waals surface area contributed by atoms with Gasteiger partial charge >= 0.3 is 0 Å². The third-order valence-corrected chi connectivity index (χ3v) is 6.19. The highest BCUT2D eigenvalue weighted by molar-refractivity contribution is 6.42. The Morgan fingerprint density at radius 3 is 2.30 bits per heavy atom. The molecule has 3 rings (SSSR count). The molecule has 1 unspecified atom stereocenters. The smallest absolute Gasteiger partial charge is 0.254 e. The highest BCUT2D eigenvalue weighted by Crippen LogP contribution is 2.40. The van der Waals surface area contributed by atoms with Crippen molar-refractivity contribution in [1.82, 2.24) is 4.90 Å². The number of carbonyl (C=O) groups is 1. The van der Waals surface area contributed by atoms with E-state index in [1.807, 2.05) is 23.1 Å². The molecule has 0 spiro atoms. The number of amides is 1. The number of halogens is 2. The molecule has 0 aromatic heterocycles. The first-order valence-electron chi connectivity index (χ1n) is 8.90. The fraction of sp³-hybridized carbons (Fsp3) is 0.381. The summed E-state index contributed by atoms with van der Waals surface area (Å²) >= 11 is 12.3. The number of carbonyl (C=O) groups excluding carboxylic acids is 1. The van der Waals surface area contributed by atoms with E-state index >= 15 is 0 Å². The van der Waals surface area contributed by atoms with Crippen molar-refractivity contribution < 1.29 is 14.3 Å². The summed E-state index contributed by atoms with van der Waals surface area (Å²) < 4.78 is 10.6. The van der Waals surface area contributed by atoms with Gasteiger partial charge in [-0.05, 0) is 42.7 Å². The molecule has 0 N–H and O–H groups in total. The van der Waals surface area contributed by atoms with Gasteiger partial charge in [0.2, 0.25) is 0 Å². The van der Waals surface area contributed by atoms with Crippen LogP contribution in [0.25, 0.3) is 0 Å². The molecule has 0 bridgehead atoms. The largest absolute Gasteiger partial charge is 0.497 e. The zero-order valence-electron chi connectivity index (χ0n) is 15.7. The number of hydrogen-bond acceptors (Lipinski definition) is 3. The van der Waals surface area contributed by atoms with Crippen molar-refractivity contribution in [2.24, 2.45) is 0 Å². The van der Waals surface area contributed by atoms with Gasteiger partial charge in [0.15, 0.2) is 0 Å². The van der Waals surface area contributed by atoms with Crippen LogP contribution >= 0.6 is 23.2 Å². The van der Waals surface area contributed by atoms with Crippen molar-refractivity contribution in [1.29, 1.82) is 0 Å². The van der Waals surface area contributed by atoms with Gasteiger partial charge in [-0.1, -0.05) is 36.2 Å². The Hall–Kier alpha value is -1.91. The molecular formula is C21H23Cl2NO3. The van der Waals surface area contributed by atoms with Crippen LogP contribution in [-0.4, -0.2) is 38.1 Å². The Morgan fingerprint density at radius 1 is 1.07 bits per heavy atom. The van der Waals surface area contributed by atoms with Crippen LogP contribution in [0.2, 0.25) is 10.0 Å². The Balaban J connectivity index is 1.87. The van der Waals surface area contributed by atoms with Crippen molar-refractivity contribution in [2.75, 3.05) is 27.3 Å². The molecule has 1 amide bonds. The van der Waals surface area contributed by atoms with E-state index in [1.54, 1.807) is 32.4 Å². The average molecular weight is 408 g/mol. The van der Waals surface area contributed by atoms with E-state index in [-0.39, 0.29) is 11.3 Å². The van der Waals surface area contributed by atoms with Gasteiger partial charge in [0.1, 0.15) is 11.5 Å². The molecule has 0 saturated carbocycles. The van der Waals surface area contributed by atoms with Gasteiger partial charge in [-0.15, -0.1) is 0 Å². The third-order valence-electron chi connectivity index (χ3n) is 5.45. The lowest BCUT2D eigenvalue weighted by atomic mass is 9.77. The fourth-order valence-electron chi connectivity index (χ4n) is 3.71. The number of benzene rings is 2. The van der Waals surface area contributed by atoms with Crippen LogP contribution in [0.5, 0.6) is 11.5 Å². The van der Waals surface area contributed by atoms with Gasteiger partial charge in [0.25, 0.3) is 5.91 Å². The molecule has 1 aliphatic rings. The quantitative estimate of drug-likeness (QED) is 0.682. The van der Waals surface area contributed by atoms with Gasteiger partial charge in [0.05, 0.1) is 24.3 Å². The first kappa shape index (κ1) is 19.8. The lowest BCUT2D eigenvalue weighted by Gasteiger charge is -2.29. The van der Waals surface area contributed by atoms with Gasteiger partial charge in [-0.3, -0.25) is 4.79 Å². The van der Waals surface area contributed by atoms with Crippen molar-refractivity contribution in [3.05, 3.63) is 57.6 Å². The van der Waals surface area contributed by atoms with E-state index in [0.29, 0.717) is 40.2 Å². The Bertz CT molecular complexity index is 833. The van der Waals surface area contributed by atoms with Crippen LogP contribution in [-0.2, 0) is 5.41 Å². The molecule has 144 valence electrons. The SMILES string of the molecule is CCC1(c2ccc(Cl)c(Cl)c2)CCN(C(=O)c2cc(OC)cc(OC)c2)C1. The van der Waals surface area contributed by atoms with E-state index in [4.69, 9.17) is 32.7 Å². The number of rotatable bonds is 5. The average Bonchev–Trinajstić information content (AvgIpc) is 3.14. The number of nitrogens with zero attached hydrogens (tertiary/aromatic N) is 1. The van der Waals surface area contributed by atoms with Crippen LogP contribution in [0, 0.1) is 0 Å². The van der Waals surface area contributed by atoms with Crippen LogP contribution in [0.1, 0.15) is 35.7 Å². The molecule has 1 saturated heterocycles. The number of hydrogen-bond donors (Lipinski definition) is 0. The molecule has 1 atom stereocenters. The summed E-state index contributed by atoms with van der Waals surface area (Å²) in [6, 6.07) is 11.0. The second-order valence-electron chi connectivity index (χ2n) is 6.84. The summed E-state index contributed by atoms with van der Waals surface area (Å²) in [6.07, 6.45) is 1.80. The van der Waals surface area contributed by atoms with Gasteiger partial charge in [0, 0.05) is 30.1 Å². The predicted octanol–water partition coefficient (Wildman–Crippen LogP) is 5.20. The number of likely N-dealkylation sites (tertiary alicyclic amines) is 1. The third kappa shape index (κ3) is 3.87. The van der Waals surface area contributed by atoms with Gasteiger partial charge < -0.3 is 14.4 Å². The molecular weight excluding hydrogens is 385 g/mol. The highest BCUT2D eigenvalue weighted by atomic mass is 35.5. The molecule has 2 aromatic carbocycles. The Labute approximate surface area is 170 Å². The maximum Gasteiger partial charge on any atom is 0.254 e. The minimum absolute atomic E-state index is 0.0254. The molecule has 1 fully saturated rings. The molecule has 0 radical (unpaired) electrons. The van der Waals surface area contributed by atoms with Gasteiger partial charge in [-0.2, -0.15) is 0 Å². The van der Waals surface area contributed by atoms with Crippen molar-refractivity contribution in [3.63, 3.8) is 0 Å². The van der Waals surface area contributed by atoms with Crippen LogP contribution in [0.15, 0.2) is 36.4 Å². The maximum absolute atomic E-state index is 13.1. The highest BCUT2D eigenvalue weighted by Gasteiger charge is 2.40. The number of ether oxygens (including phenoxy) is 2. The molecule has 0 aliphatic carbocycles. The molecule has 27 heavy (non-hydrogen) atoms. The van der Waals surface area contributed by atoms with Crippen LogP contribution in [0.3, 0.4) is 0 Å². The van der Waals surface area contributed by atoms with Gasteiger partial charge in [-0.25, -0.2) is 0 Å². The lowest BCUT2D eigenvalue weighted by Crippen LogP contribution is -2.34. The van der Waals surface area contributed by atoms with Crippen LogP contribution < -0.4 is 9.47 Å². The zero-order valence-corrected chi connectivity index (χ0v) is 17.2. The van der Waals surface area contributed by atoms with E-state index in [0.717, 1.165) is 18.4 Å². The first-order chi connectivity index (χ1) is 12.9. The standard InChI is InChI=1S/C21H23Cl2NO3/c1-4-21(15-5-6-18(22)19(23)11-15)7-8-24(13-21)20(25)14-9-16(26-2)12-17(10-14)27-3/h5-6,9-12H,4,7-8,13H2,1-3H3. The van der Waals surface area contributed by atoms with Crippen molar-refractivity contribution in [2.45, 2.75) is 25.2 Å². The maximum atomic E-state index is 13.1. The minimum atomic E-state index is -0.118. The van der Waals surface area contributed by atoms with Crippen molar-refractivity contribution >= 4 is 29.1 Å². The molecule has 4 nitrogen and oxygen atoms in total. The minimum Gasteiger partial charge on any atom is -0.497 e. The van der Waals surface area contributed by atoms with E-state index < -0.39 is 0 Å². The lowest BCUT2D eigenvalue weighted by molar-refractivity contribution is 0.0782. The van der Waals surface area contributed by atoms with E-state index in [2.05, 4.69) is 6.92 Å². The summed E-state index contributed by atoms with van der Waals surface area (Å²) in [5, 5.41) is 1.09. The predicted molar refractivity (Wildman–Crippen MR) is 108 cm³/mol. The monoisotopic (exact) mass is 407 g/mol. The molecule has 2 aromatic rings. The summed E-state index contributed by atoms with van der Waals surface area (Å²) in [5.74, 6) is 1.17. The molecule has 1 aliphatic heterocycles. The normalized spacial score (nSPS) is 19.2. The first-order valence-corrected chi connectivity index (χ1v) is 9.66. The molecule has 1 heterocycles. The summed E-state index contributed by atoms with van der Waals surface area (Å²) in [6.45, 7) is 3.47. The zero-order chi connectivity index (χ0) is 19.6. The topological polar surface area (TPSA) is 38.8 Å². The summed E-state index contributed by atoms with van der Waals surface area (Å²) in [4.78, 5) is 15.0. The van der Waals surface area contributed by atoms with Crippen LogP contribution in [0.4, 0.5) is 0 Å². The Kier molecular flexibility index (Phi) is 5.87. The second kappa shape index (κ2) is 7.99. The number of methoxy groups -OCH3 is 2. The van der Waals surface area contributed by atoms with Crippen molar-refractivity contribution in [3.8, 4) is 11.5 Å². The summed E-state index contributed by atoms with van der Waals surface area (Å²) in [5.41, 5.74) is 1.57. The second-order valence-corrected chi connectivity index (χ2v) is 7.66.